The van der Waals surface area contributed by atoms with E-state index >= 15 is 0 Å². The summed E-state index contributed by atoms with van der Waals surface area (Å²) in [5, 5.41) is 0. The molecule has 1 heterocycles. The van der Waals surface area contributed by atoms with Crippen molar-refractivity contribution in [2.45, 2.75) is 27.7 Å². The number of hydrogen-bond donors (Lipinski definition) is 0. The molecule has 0 aromatic heterocycles. The van der Waals surface area contributed by atoms with Crippen molar-refractivity contribution < 1.29 is 0 Å². The fourth-order valence-corrected chi connectivity index (χ4v) is 2.31. The van der Waals surface area contributed by atoms with Gasteiger partial charge in [-0.25, -0.2) is 0 Å². The highest BCUT2D eigenvalue weighted by Crippen LogP contribution is 2.28. The van der Waals surface area contributed by atoms with Crippen LogP contribution in [0.2, 0.25) is 0 Å². The van der Waals surface area contributed by atoms with E-state index in [0.717, 1.165) is 11.8 Å². The van der Waals surface area contributed by atoms with Crippen molar-refractivity contribution in [3.05, 3.63) is 0 Å². The molecular weight excluding hydrogens is 128 g/mol. The molecule has 0 amide bonds. The Hall–Kier alpha value is 0.350. The molecule has 0 N–H and O–H groups in total. The molecule has 1 aliphatic rings. The highest BCUT2D eigenvalue weighted by atomic mass is 32.2. The zero-order valence-corrected chi connectivity index (χ0v) is 7.79. The molecule has 1 fully saturated rings. The van der Waals surface area contributed by atoms with Gasteiger partial charge in [-0.3, -0.25) is 0 Å². The molecule has 1 rings (SSSR count). The second-order valence-electron chi connectivity index (χ2n) is 2.49. The third-order valence-corrected chi connectivity index (χ3v) is 3.26. The summed E-state index contributed by atoms with van der Waals surface area (Å²) in [5.41, 5.74) is 0. The lowest BCUT2D eigenvalue weighted by atomic mass is 10.0. The molecule has 2 atom stereocenters. The minimum absolute atomic E-state index is 0.977. The van der Waals surface area contributed by atoms with E-state index in [4.69, 9.17) is 0 Å². The van der Waals surface area contributed by atoms with Crippen LogP contribution in [0.1, 0.15) is 27.7 Å². The number of thioether (sulfide) groups is 1. The van der Waals surface area contributed by atoms with E-state index in [1.54, 1.807) is 0 Å². The van der Waals surface area contributed by atoms with E-state index < -0.39 is 0 Å². The molecule has 1 saturated heterocycles. The van der Waals surface area contributed by atoms with Gasteiger partial charge in [0.15, 0.2) is 0 Å². The summed E-state index contributed by atoms with van der Waals surface area (Å²) >= 11 is 2.09. The minimum Gasteiger partial charge on any atom is -0.161 e. The first-order valence-electron chi connectivity index (χ1n) is 3.88. The van der Waals surface area contributed by atoms with Crippen molar-refractivity contribution in [3.8, 4) is 0 Å². The van der Waals surface area contributed by atoms with Crippen molar-refractivity contribution in [2.75, 3.05) is 11.5 Å². The molecule has 0 aliphatic carbocycles. The van der Waals surface area contributed by atoms with Crippen LogP contribution in [-0.2, 0) is 0 Å². The predicted octanol–water partition coefficient (Wildman–Crippen LogP) is 3.03. The van der Waals surface area contributed by atoms with Crippen molar-refractivity contribution >= 4 is 11.8 Å². The van der Waals surface area contributed by atoms with Crippen LogP contribution in [-0.4, -0.2) is 11.5 Å². The largest absolute Gasteiger partial charge is 0.161 e. The molecule has 0 spiro atoms. The summed E-state index contributed by atoms with van der Waals surface area (Å²) in [5.74, 6) is 4.73. The predicted molar refractivity (Wildman–Crippen MR) is 47.0 cm³/mol. The Kier molecular flexibility index (Phi) is 5.36. The SMILES string of the molecule is CC.CC1CSCC1C. The van der Waals surface area contributed by atoms with Crippen LogP contribution in [0.25, 0.3) is 0 Å². The van der Waals surface area contributed by atoms with Crippen molar-refractivity contribution in [1.82, 2.24) is 0 Å². The fraction of sp³-hybridized carbons (Fsp3) is 1.00. The fourth-order valence-electron chi connectivity index (χ4n) is 0.768. The average molecular weight is 146 g/mol. The third kappa shape index (κ3) is 3.14. The Morgan fingerprint density at radius 2 is 1.33 bits per heavy atom. The van der Waals surface area contributed by atoms with Gasteiger partial charge in [0.05, 0.1) is 0 Å². The van der Waals surface area contributed by atoms with E-state index in [2.05, 4.69) is 25.6 Å². The average Bonchev–Trinajstić information content (AvgIpc) is 2.23. The lowest BCUT2D eigenvalue weighted by Gasteiger charge is -2.03. The molecule has 0 aromatic carbocycles. The first kappa shape index (κ1) is 9.35. The monoisotopic (exact) mass is 146 g/mol. The molecule has 56 valence electrons. The summed E-state index contributed by atoms with van der Waals surface area (Å²) in [6.45, 7) is 8.68. The Bertz CT molecular complexity index is 53.6. The summed E-state index contributed by atoms with van der Waals surface area (Å²) in [6.07, 6.45) is 0. The summed E-state index contributed by atoms with van der Waals surface area (Å²) < 4.78 is 0. The number of hydrogen-bond acceptors (Lipinski definition) is 1. The van der Waals surface area contributed by atoms with Crippen LogP contribution in [0, 0.1) is 11.8 Å². The van der Waals surface area contributed by atoms with Crippen molar-refractivity contribution in [1.29, 1.82) is 0 Å². The lowest BCUT2D eigenvalue weighted by molar-refractivity contribution is 0.494. The summed E-state index contributed by atoms with van der Waals surface area (Å²) in [4.78, 5) is 0. The van der Waals surface area contributed by atoms with E-state index in [9.17, 15) is 0 Å². The van der Waals surface area contributed by atoms with Crippen LogP contribution < -0.4 is 0 Å². The normalized spacial score (nSPS) is 33.3. The van der Waals surface area contributed by atoms with Gasteiger partial charge in [-0.15, -0.1) is 0 Å². The van der Waals surface area contributed by atoms with E-state index in [0.29, 0.717) is 0 Å². The van der Waals surface area contributed by atoms with E-state index in [-0.39, 0.29) is 0 Å². The van der Waals surface area contributed by atoms with Crippen LogP contribution in [0.4, 0.5) is 0 Å². The zero-order valence-electron chi connectivity index (χ0n) is 6.98. The van der Waals surface area contributed by atoms with Crippen LogP contribution >= 0.6 is 11.8 Å². The van der Waals surface area contributed by atoms with Gasteiger partial charge in [0.1, 0.15) is 0 Å². The van der Waals surface area contributed by atoms with Gasteiger partial charge in [-0.2, -0.15) is 11.8 Å². The van der Waals surface area contributed by atoms with E-state index in [1.807, 2.05) is 13.8 Å². The van der Waals surface area contributed by atoms with Gasteiger partial charge in [0.2, 0.25) is 0 Å². The van der Waals surface area contributed by atoms with Gasteiger partial charge >= 0.3 is 0 Å². The first-order chi connectivity index (χ1) is 4.30. The Morgan fingerprint density at radius 3 is 1.44 bits per heavy atom. The molecular formula is C8H18S. The van der Waals surface area contributed by atoms with Gasteiger partial charge in [0.25, 0.3) is 0 Å². The minimum atomic E-state index is 0.977. The number of rotatable bonds is 0. The highest BCUT2D eigenvalue weighted by molar-refractivity contribution is 7.99. The maximum atomic E-state index is 2.34. The van der Waals surface area contributed by atoms with Gasteiger partial charge in [0, 0.05) is 0 Å². The molecule has 0 bridgehead atoms. The Morgan fingerprint density at radius 1 is 1.00 bits per heavy atom. The van der Waals surface area contributed by atoms with Gasteiger partial charge in [-0.1, -0.05) is 27.7 Å². The van der Waals surface area contributed by atoms with Gasteiger partial charge < -0.3 is 0 Å². The van der Waals surface area contributed by atoms with Crippen molar-refractivity contribution in [2.24, 2.45) is 11.8 Å². The molecule has 0 nitrogen and oxygen atoms in total. The zero-order chi connectivity index (χ0) is 7.28. The van der Waals surface area contributed by atoms with Crippen LogP contribution in [0.5, 0.6) is 0 Å². The Labute approximate surface area is 63.4 Å². The van der Waals surface area contributed by atoms with Crippen LogP contribution in [0.3, 0.4) is 0 Å². The molecule has 0 saturated carbocycles. The molecule has 2 unspecified atom stereocenters. The summed E-state index contributed by atoms with van der Waals surface area (Å²) in [6, 6.07) is 0. The molecule has 0 aromatic rings. The quantitative estimate of drug-likeness (QED) is 0.506. The molecule has 0 radical (unpaired) electrons. The molecule has 1 heteroatoms. The third-order valence-electron chi connectivity index (χ3n) is 1.73. The first-order valence-corrected chi connectivity index (χ1v) is 5.04. The standard InChI is InChI=1S/C6H12S.C2H6/c1-5-3-7-4-6(5)2;1-2/h5-6H,3-4H2,1-2H3;1-2H3. The second kappa shape index (κ2) is 5.16. The van der Waals surface area contributed by atoms with Crippen molar-refractivity contribution in [3.63, 3.8) is 0 Å². The molecule has 9 heavy (non-hydrogen) atoms. The topological polar surface area (TPSA) is 0 Å². The summed E-state index contributed by atoms with van der Waals surface area (Å²) in [7, 11) is 0. The highest BCUT2D eigenvalue weighted by Gasteiger charge is 2.18. The second-order valence-corrected chi connectivity index (χ2v) is 3.57. The van der Waals surface area contributed by atoms with Gasteiger partial charge in [-0.05, 0) is 23.3 Å². The van der Waals surface area contributed by atoms with Crippen LogP contribution in [0.15, 0.2) is 0 Å². The molecule has 1 aliphatic heterocycles. The smallest absolute Gasteiger partial charge is 0.00388 e. The maximum Gasteiger partial charge on any atom is -0.00388 e. The Balaban J connectivity index is 0.000000291. The van der Waals surface area contributed by atoms with E-state index in [1.165, 1.54) is 11.5 Å². The lowest BCUT2D eigenvalue weighted by Crippen LogP contribution is -2.01. The maximum absolute atomic E-state index is 2.34.